The van der Waals surface area contributed by atoms with Crippen LogP contribution < -0.4 is 5.11 Å². The average molecular weight is 768 g/mol. The molecule has 0 bridgehead atoms. The van der Waals surface area contributed by atoms with Crippen LogP contribution in [0.15, 0.2) is 30.3 Å². The van der Waals surface area contributed by atoms with Crippen molar-refractivity contribution in [3.63, 3.8) is 0 Å². The highest BCUT2D eigenvalue weighted by Gasteiger charge is 2.65. The number of aliphatic hydroxyl groups excluding tert-OH is 3. The summed E-state index contributed by atoms with van der Waals surface area (Å²) in [5, 5.41) is 43.9. The number of fused-ring (bicyclic) bond motifs is 5. The minimum atomic E-state index is -0.998. The largest absolute Gasteiger partial charge is 0.550 e. The smallest absolute Gasteiger partial charge is 0.104 e. The Hall–Kier alpha value is -1.47. The molecule has 6 nitrogen and oxygen atoms in total. The molecule has 1 aromatic carbocycles. The number of carboxylic acids is 1. The summed E-state index contributed by atoms with van der Waals surface area (Å²) in [5.74, 6) is 0.635. The molecule has 55 heavy (non-hydrogen) atoms. The third-order valence-electron chi connectivity index (χ3n) is 15.9. The first kappa shape index (κ1) is 46.2. The summed E-state index contributed by atoms with van der Waals surface area (Å²) in [6, 6.07) is 10.9. The molecule has 11 atom stereocenters. The molecule has 316 valence electrons. The Kier molecular flexibility index (Phi) is 18.5. The van der Waals surface area contributed by atoms with Crippen molar-refractivity contribution in [1.29, 1.82) is 0 Å². The van der Waals surface area contributed by atoms with E-state index >= 15 is 0 Å². The van der Waals surface area contributed by atoms with Crippen molar-refractivity contribution >= 4 is 5.97 Å². The number of carbonyl (C=O) groups excluding carboxylic acids is 1. The number of unbranched alkanes of at least 4 members (excludes halogenated alkanes) is 13. The van der Waals surface area contributed by atoms with Crippen molar-refractivity contribution in [2.75, 3.05) is 20.6 Å². The molecular formula is C49H85NO5. The molecule has 0 aliphatic heterocycles. The maximum atomic E-state index is 11.5. The van der Waals surface area contributed by atoms with Gasteiger partial charge in [0, 0.05) is 11.5 Å². The van der Waals surface area contributed by atoms with Crippen LogP contribution in [0, 0.1) is 46.3 Å². The molecule has 4 saturated carbocycles. The number of carbonyl (C=O) groups is 1. The van der Waals surface area contributed by atoms with Crippen LogP contribution in [0.4, 0.5) is 0 Å². The Morgan fingerprint density at radius 1 is 0.800 bits per heavy atom. The van der Waals surface area contributed by atoms with Gasteiger partial charge in [-0.05, 0) is 117 Å². The highest BCUT2D eigenvalue weighted by atomic mass is 16.4. The maximum absolute atomic E-state index is 11.5. The third-order valence-corrected chi connectivity index (χ3v) is 15.9. The predicted molar refractivity (Wildman–Crippen MR) is 225 cm³/mol. The Morgan fingerprint density at radius 3 is 1.96 bits per heavy atom. The van der Waals surface area contributed by atoms with Gasteiger partial charge in [0.2, 0.25) is 0 Å². The average Bonchev–Trinajstić information content (AvgIpc) is 3.50. The minimum absolute atomic E-state index is 0.0747. The fraction of sp³-hybridized carbons (Fsp3) is 0.857. The number of aliphatic hydroxyl groups is 3. The zero-order chi connectivity index (χ0) is 40.1. The number of quaternary nitrogens is 1. The van der Waals surface area contributed by atoms with Crippen LogP contribution in [0.25, 0.3) is 0 Å². The van der Waals surface area contributed by atoms with Crippen molar-refractivity contribution in [3.05, 3.63) is 35.9 Å². The van der Waals surface area contributed by atoms with E-state index in [-0.39, 0.29) is 53.1 Å². The van der Waals surface area contributed by atoms with Gasteiger partial charge in [0.05, 0.1) is 39.0 Å². The van der Waals surface area contributed by atoms with Crippen molar-refractivity contribution in [2.45, 2.75) is 200 Å². The summed E-state index contributed by atoms with van der Waals surface area (Å²) in [4.78, 5) is 11.0. The van der Waals surface area contributed by atoms with Crippen LogP contribution in [0.1, 0.15) is 181 Å². The molecule has 4 aliphatic carbocycles. The van der Waals surface area contributed by atoms with Crippen LogP contribution >= 0.6 is 0 Å². The number of rotatable bonds is 21. The monoisotopic (exact) mass is 768 g/mol. The standard InChI is InChI=1S/C25H46N.C24H40O5/c1-4-5-6-7-8-9-10-11-12-13-14-15-16-20-23-26(2,3)24-25-21-18-17-19-22-25;1-13(4-7-21(28)29)16-5-6-17-22-18(12-20(27)24(16,17)3)23(2)9-8-15(25)10-14(23)11-19(22)26/h17-19,21-22H,4-16,20,23-24H2,1-3H3;13-20,22,25-27H,4-12H2,1-3H3,(H,28,29)/q+1;/p-1/t;13-,14+,15-,16-,17+,18+,19-,20+,22+,23+,24-/m.1/s1. The van der Waals surface area contributed by atoms with E-state index in [2.05, 4.69) is 72.1 Å². The first-order chi connectivity index (χ1) is 26.2. The molecule has 3 N–H and O–H groups in total. The molecular weight excluding hydrogens is 683 g/mol. The van der Waals surface area contributed by atoms with Crippen LogP contribution in [0.3, 0.4) is 0 Å². The highest BCUT2D eigenvalue weighted by molar-refractivity contribution is 5.64. The third kappa shape index (κ3) is 12.8. The van der Waals surface area contributed by atoms with E-state index in [9.17, 15) is 25.2 Å². The number of carboxylic acid groups (broad SMARTS) is 1. The van der Waals surface area contributed by atoms with Crippen molar-refractivity contribution < 1.29 is 29.7 Å². The molecule has 5 rings (SSSR count). The quantitative estimate of drug-likeness (QED) is 0.0855. The van der Waals surface area contributed by atoms with E-state index in [1.54, 1.807) is 0 Å². The Morgan fingerprint density at radius 2 is 1.38 bits per heavy atom. The molecule has 0 radical (unpaired) electrons. The molecule has 0 unspecified atom stereocenters. The van der Waals surface area contributed by atoms with E-state index in [0.717, 1.165) is 56.0 Å². The van der Waals surface area contributed by atoms with Crippen LogP contribution in [0.5, 0.6) is 0 Å². The fourth-order valence-electron chi connectivity index (χ4n) is 12.6. The van der Waals surface area contributed by atoms with Crippen LogP contribution in [-0.4, -0.2) is 64.7 Å². The Balaban J connectivity index is 0.000000247. The molecule has 0 spiro atoms. The Bertz CT molecular complexity index is 1240. The topological polar surface area (TPSA) is 101 Å². The van der Waals surface area contributed by atoms with Gasteiger partial charge in [0.15, 0.2) is 0 Å². The van der Waals surface area contributed by atoms with E-state index in [1.165, 1.54) is 102 Å². The van der Waals surface area contributed by atoms with Gasteiger partial charge >= 0.3 is 0 Å². The highest BCUT2D eigenvalue weighted by Crippen LogP contribution is 2.68. The Labute approximate surface area is 337 Å². The van der Waals surface area contributed by atoms with Gasteiger partial charge in [-0.3, -0.25) is 0 Å². The second kappa shape index (κ2) is 22.1. The summed E-state index contributed by atoms with van der Waals surface area (Å²) in [5.41, 5.74) is 1.29. The predicted octanol–water partition coefficient (Wildman–Crippen LogP) is 9.86. The van der Waals surface area contributed by atoms with Gasteiger partial charge in [-0.25, -0.2) is 0 Å². The second-order valence-electron chi connectivity index (χ2n) is 20.3. The van der Waals surface area contributed by atoms with Crippen LogP contribution in [0.2, 0.25) is 0 Å². The normalized spacial score (nSPS) is 33.5. The lowest BCUT2D eigenvalue weighted by molar-refractivity contribution is -0.903. The number of hydrogen-bond acceptors (Lipinski definition) is 5. The first-order valence-electron chi connectivity index (χ1n) is 23.3. The lowest BCUT2D eigenvalue weighted by Gasteiger charge is -2.63. The molecule has 0 heterocycles. The molecule has 1 aromatic rings. The summed E-state index contributed by atoms with van der Waals surface area (Å²) in [6.07, 6.45) is 25.9. The fourth-order valence-corrected chi connectivity index (χ4v) is 12.6. The van der Waals surface area contributed by atoms with Crippen LogP contribution in [-0.2, 0) is 11.3 Å². The lowest BCUT2D eigenvalue weighted by atomic mass is 9.43. The van der Waals surface area contributed by atoms with E-state index in [4.69, 9.17) is 0 Å². The first-order valence-corrected chi connectivity index (χ1v) is 23.3. The second-order valence-corrected chi connectivity index (χ2v) is 20.3. The van der Waals surface area contributed by atoms with Gasteiger partial charge in [-0.15, -0.1) is 0 Å². The van der Waals surface area contributed by atoms with Crippen molar-refractivity contribution in [3.8, 4) is 0 Å². The molecule has 4 fully saturated rings. The molecule has 0 aromatic heterocycles. The molecule has 0 saturated heterocycles. The maximum Gasteiger partial charge on any atom is 0.104 e. The summed E-state index contributed by atoms with van der Waals surface area (Å²) >= 11 is 0. The lowest BCUT2D eigenvalue weighted by Crippen LogP contribution is -2.62. The summed E-state index contributed by atoms with van der Waals surface area (Å²) < 4.78 is 1.11. The van der Waals surface area contributed by atoms with E-state index in [0.29, 0.717) is 18.3 Å². The number of benzene rings is 1. The van der Waals surface area contributed by atoms with Gasteiger partial charge in [0.1, 0.15) is 6.54 Å². The van der Waals surface area contributed by atoms with Gasteiger partial charge < -0.3 is 29.7 Å². The molecule has 4 aliphatic rings. The number of nitrogens with zero attached hydrogens (tertiary/aromatic N) is 1. The molecule has 6 heteroatoms. The summed E-state index contributed by atoms with van der Waals surface area (Å²) in [7, 11) is 4.74. The van der Waals surface area contributed by atoms with Gasteiger partial charge in [-0.2, -0.15) is 0 Å². The summed E-state index contributed by atoms with van der Waals surface area (Å²) in [6.45, 7) is 11.4. The molecule has 0 amide bonds. The number of hydrogen-bond donors (Lipinski definition) is 3. The number of aliphatic carboxylic acids is 1. The van der Waals surface area contributed by atoms with Gasteiger partial charge in [0.25, 0.3) is 0 Å². The van der Waals surface area contributed by atoms with E-state index in [1.807, 2.05) is 0 Å². The van der Waals surface area contributed by atoms with Gasteiger partial charge in [-0.1, -0.05) is 135 Å². The van der Waals surface area contributed by atoms with Crippen molar-refractivity contribution in [1.82, 2.24) is 0 Å². The zero-order valence-corrected chi connectivity index (χ0v) is 36.4. The van der Waals surface area contributed by atoms with E-state index < -0.39 is 12.1 Å². The van der Waals surface area contributed by atoms with Crippen molar-refractivity contribution in [2.24, 2.45) is 46.3 Å². The SMILES string of the molecule is CCCCCCCCCCCCCCCC[N+](C)(C)Cc1ccccc1.C[C@H](CCC(=O)[O-])[C@H]1CC[C@H]2[C@@H]3[C@H](O)C[C@@H]4C[C@H](O)CC[C@]4(C)[C@H]3C[C@H](O)[C@]12C. The minimum Gasteiger partial charge on any atom is -0.550 e. The zero-order valence-electron chi connectivity index (χ0n) is 36.4.